The van der Waals surface area contributed by atoms with Gasteiger partial charge in [0.25, 0.3) is 0 Å². The molecule has 4 atom stereocenters. The van der Waals surface area contributed by atoms with Gasteiger partial charge in [-0.1, -0.05) is 54.9 Å². The van der Waals surface area contributed by atoms with Crippen molar-refractivity contribution in [2.45, 2.75) is 61.3 Å². The molecule has 1 rings (SSSR count). The normalized spacial score (nSPS) is 26.8. The molecule has 1 fully saturated rings. The highest BCUT2D eigenvalue weighted by Gasteiger charge is 2.50. The fourth-order valence-electron chi connectivity index (χ4n) is 3.35. The molecule has 1 aliphatic rings. The third-order valence-corrected chi connectivity index (χ3v) is 4.97. The van der Waals surface area contributed by atoms with Crippen LogP contribution >= 0.6 is 0 Å². The fourth-order valence-corrected chi connectivity index (χ4v) is 3.35. The van der Waals surface area contributed by atoms with Gasteiger partial charge in [-0.25, -0.2) is 0 Å². The Bertz CT molecular complexity index is 365. The molecule has 4 unspecified atom stereocenters. The van der Waals surface area contributed by atoms with Gasteiger partial charge in [0.1, 0.15) is 0 Å². The monoisotopic (exact) mass is 282 g/mol. The zero-order chi connectivity index (χ0) is 15.7. The van der Waals surface area contributed by atoms with E-state index in [-0.39, 0.29) is 29.2 Å². The van der Waals surface area contributed by atoms with Crippen molar-refractivity contribution in [1.82, 2.24) is 0 Å². The first kappa shape index (κ1) is 17.2. The summed E-state index contributed by atoms with van der Waals surface area (Å²) in [6.07, 6.45) is 1.80. The Morgan fingerprint density at radius 3 is 2.05 bits per heavy atom. The summed E-state index contributed by atoms with van der Waals surface area (Å²) in [6, 6.07) is 0. The lowest BCUT2D eigenvalue weighted by Crippen LogP contribution is -2.33. The summed E-state index contributed by atoms with van der Waals surface area (Å²) in [5.74, 6) is 0.370. The summed E-state index contributed by atoms with van der Waals surface area (Å²) >= 11 is 0. The maximum atomic E-state index is 12.0. The van der Waals surface area contributed by atoms with Crippen LogP contribution in [-0.2, 0) is 14.3 Å². The molecular weight excluding hydrogens is 252 g/mol. The second-order valence-electron chi connectivity index (χ2n) is 7.70. The first-order chi connectivity index (χ1) is 9.09. The van der Waals surface area contributed by atoms with E-state index in [9.17, 15) is 9.59 Å². The summed E-state index contributed by atoms with van der Waals surface area (Å²) in [7, 11) is 0. The maximum Gasteiger partial charge on any atom is 0.318 e. The molecule has 0 aromatic heterocycles. The highest BCUT2D eigenvalue weighted by Crippen LogP contribution is 2.43. The standard InChI is InChI=1S/C17H30O3/c1-8-12(11(4)10(2)3)9-13-14(17(5,6)7)16(19)20-15(13)18/h10-14H,8-9H2,1-7H3. The van der Waals surface area contributed by atoms with Gasteiger partial charge in [0.15, 0.2) is 0 Å². The average molecular weight is 282 g/mol. The number of esters is 2. The minimum atomic E-state index is -0.334. The minimum Gasteiger partial charge on any atom is -0.393 e. The lowest BCUT2D eigenvalue weighted by atomic mass is 9.69. The van der Waals surface area contributed by atoms with E-state index in [1.54, 1.807) is 0 Å². The molecule has 1 heterocycles. The molecule has 116 valence electrons. The summed E-state index contributed by atoms with van der Waals surface area (Å²) < 4.78 is 4.92. The van der Waals surface area contributed by atoms with Crippen LogP contribution in [0.1, 0.15) is 61.3 Å². The van der Waals surface area contributed by atoms with Crippen LogP contribution in [0.15, 0.2) is 0 Å². The molecule has 0 spiro atoms. The molecule has 0 aliphatic carbocycles. The van der Waals surface area contributed by atoms with Crippen molar-refractivity contribution in [3.8, 4) is 0 Å². The molecule has 0 bridgehead atoms. The highest BCUT2D eigenvalue weighted by atomic mass is 16.6. The fraction of sp³-hybridized carbons (Fsp3) is 0.882. The van der Waals surface area contributed by atoms with Gasteiger partial charge in [0, 0.05) is 0 Å². The van der Waals surface area contributed by atoms with Gasteiger partial charge in [0.05, 0.1) is 11.8 Å². The largest absolute Gasteiger partial charge is 0.393 e. The molecule has 3 heteroatoms. The van der Waals surface area contributed by atoms with E-state index < -0.39 is 0 Å². The Morgan fingerprint density at radius 1 is 1.10 bits per heavy atom. The smallest absolute Gasteiger partial charge is 0.318 e. The summed E-state index contributed by atoms with van der Waals surface area (Å²) in [5.41, 5.74) is -0.229. The van der Waals surface area contributed by atoms with Crippen molar-refractivity contribution in [1.29, 1.82) is 0 Å². The van der Waals surface area contributed by atoms with Gasteiger partial charge in [-0.05, 0) is 29.6 Å². The van der Waals surface area contributed by atoms with Crippen LogP contribution in [-0.4, -0.2) is 11.9 Å². The van der Waals surface area contributed by atoms with E-state index in [1.807, 2.05) is 20.8 Å². The Morgan fingerprint density at radius 2 is 1.65 bits per heavy atom. The van der Waals surface area contributed by atoms with Crippen molar-refractivity contribution in [2.24, 2.45) is 35.0 Å². The second-order valence-corrected chi connectivity index (χ2v) is 7.70. The Labute approximate surface area is 123 Å². The Hall–Kier alpha value is -0.860. The van der Waals surface area contributed by atoms with Gasteiger partial charge in [-0.2, -0.15) is 0 Å². The lowest BCUT2D eigenvalue weighted by Gasteiger charge is -2.32. The van der Waals surface area contributed by atoms with E-state index in [0.717, 1.165) is 12.8 Å². The summed E-state index contributed by atoms with van der Waals surface area (Å²) in [6.45, 7) is 14.9. The first-order valence-electron chi connectivity index (χ1n) is 7.85. The van der Waals surface area contributed by atoms with E-state index in [2.05, 4.69) is 27.7 Å². The number of hydrogen-bond donors (Lipinski definition) is 0. The van der Waals surface area contributed by atoms with Crippen molar-refractivity contribution < 1.29 is 14.3 Å². The van der Waals surface area contributed by atoms with Gasteiger partial charge in [-0.3, -0.25) is 9.59 Å². The van der Waals surface area contributed by atoms with E-state index in [0.29, 0.717) is 17.8 Å². The van der Waals surface area contributed by atoms with Crippen molar-refractivity contribution in [2.75, 3.05) is 0 Å². The van der Waals surface area contributed by atoms with E-state index in [4.69, 9.17) is 4.74 Å². The maximum absolute atomic E-state index is 12.0. The summed E-state index contributed by atoms with van der Waals surface area (Å²) in [5, 5.41) is 0. The van der Waals surface area contributed by atoms with Gasteiger partial charge < -0.3 is 4.74 Å². The van der Waals surface area contributed by atoms with Crippen molar-refractivity contribution in [3.05, 3.63) is 0 Å². The van der Waals surface area contributed by atoms with Crippen LogP contribution in [0.5, 0.6) is 0 Å². The lowest BCUT2D eigenvalue weighted by molar-refractivity contribution is -0.154. The molecule has 0 amide bonds. The highest BCUT2D eigenvalue weighted by molar-refractivity contribution is 5.96. The number of rotatable bonds is 5. The third-order valence-electron chi connectivity index (χ3n) is 4.97. The molecule has 1 aliphatic heterocycles. The number of carbonyl (C=O) groups is 2. The Balaban J connectivity index is 2.92. The molecule has 0 aromatic rings. The molecular formula is C17H30O3. The average Bonchev–Trinajstić information content (AvgIpc) is 2.59. The predicted molar refractivity (Wildman–Crippen MR) is 79.9 cm³/mol. The zero-order valence-corrected chi connectivity index (χ0v) is 14.0. The number of hydrogen-bond acceptors (Lipinski definition) is 3. The van der Waals surface area contributed by atoms with E-state index in [1.165, 1.54) is 0 Å². The second kappa shape index (κ2) is 6.28. The van der Waals surface area contributed by atoms with Gasteiger partial charge >= 0.3 is 11.9 Å². The number of ether oxygens (including phenoxy) is 1. The van der Waals surface area contributed by atoms with Crippen LogP contribution in [0.3, 0.4) is 0 Å². The number of carbonyl (C=O) groups excluding carboxylic acids is 2. The van der Waals surface area contributed by atoms with Gasteiger partial charge in [-0.15, -0.1) is 0 Å². The van der Waals surface area contributed by atoms with Crippen molar-refractivity contribution >= 4 is 11.9 Å². The molecule has 1 saturated heterocycles. The van der Waals surface area contributed by atoms with Crippen LogP contribution in [0.2, 0.25) is 0 Å². The molecule has 0 N–H and O–H groups in total. The van der Waals surface area contributed by atoms with Crippen molar-refractivity contribution in [3.63, 3.8) is 0 Å². The van der Waals surface area contributed by atoms with Crippen LogP contribution < -0.4 is 0 Å². The van der Waals surface area contributed by atoms with Crippen LogP contribution in [0, 0.1) is 35.0 Å². The first-order valence-corrected chi connectivity index (χ1v) is 7.85. The molecule has 0 radical (unpaired) electrons. The molecule has 3 nitrogen and oxygen atoms in total. The molecule has 20 heavy (non-hydrogen) atoms. The molecule has 0 aromatic carbocycles. The SMILES string of the molecule is CCC(CC1C(=O)OC(=O)C1C(C)(C)C)C(C)C(C)C. The number of cyclic esters (lactones) is 2. The third kappa shape index (κ3) is 3.62. The van der Waals surface area contributed by atoms with Gasteiger partial charge in [0.2, 0.25) is 0 Å². The summed E-state index contributed by atoms with van der Waals surface area (Å²) in [4.78, 5) is 24.0. The zero-order valence-electron chi connectivity index (χ0n) is 14.0. The molecule has 0 saturated carbocycles. The topological polar surface area (TPSA) is 43.4 Å². The predicted octanol–water partition coefficient (Wildman–Crippen LogP) is 4.06. The van der Waals surface area contributed by atoms with E-state index >= 15 is 0 Å². The van der Waals surface area contributed by atoms with Crippen LogP contribution in [0.4, 0.5) is 0 Å². The van der Waals surface area contributed by atoms with Crippen LogP contribution in [0.25, 0.3) is 0 Å². The quantitative estimate of drug-likeness (QED) is 0.564. The minimum absolute atomic E-state index is 0.229. The Kier molecular flexibility index (Phi) is 5.39.